The normalized spacial score (nSPS) is 18.5. The molecule has 1 aliphatic rings. The monoisotopic (exact) mass is 332 g/mol. The summed E-state index contributed by atoms with van der Waals surface area (Å²) in [6.07, 6.45) is 5.26. The van der Waals surface area contributed by atoms with E-state index in [0.717, 1.165) is 13.1 Å². The summed E-state index contributed by atoms with van der Waals surface area (Å²) in [6.45, 7) is 6.18. The second-order valence-electron chi connectivity index (χ2n) is 5.69. The lowest BCUT2D eigenvalue weighted by Gasteiger charge is -2.22. The van der Waals surface area contributed by atoms with Crippen molar-refractivity contribution >= 4 is 23.2 Å². The molecule has 1 saturated heterocycles. The van der Waals surface area contributed by atoms with Crippen LogP contribution in [0, 0.1) is 5.82 Å². The van der Waals surface area contributed by atoms with Gasteiger partial charge in [-0.2, -0.15) is 0 Å². The van der Waals surface area contributed by atoms with Gasteiger partial charge in [0.25, 0.3) is 0 Å². The Labute approximate surface area is 136 Å². The fraction of sp³-hybridized carbons (Fsp3) is 0.625. The van der Waals surface area contributed by atoms with Crippen molar-refractivity contribution in [2.45, 2.75) is 38.6 Å². The van der Waals surface area contributed by atoms with Gasteiger partial charge in [0.2, 0.25) is 0 Å². The number of likely N-dealkylation sites (tertiary alicyclic amines) is 1. The molecule has 1 N–H and O–H groups in total. The zero-order valence-electron chi connectivity index (χ0n) is 12.5. The lowest BCUT2D eigenvalue weighted by atomic mass is 10.1. The van der Waals surface area contributed by atoms with Crippen LogP contribution in [0.3, 0.4) is 0 Å². The summed E-state index contributed by atoms with van der Waals surface area (Å²) >= 11 is 12.2. The number of hydrogen-bond acceptors (Lipinski definition) is 2. The van der Waals surface area contributed by atoms with Gasteiger partial charge < -0.3 is 10.2 Å². The van der Waals surface area contributed by atoms with Crippen molar-refractivity contribution in [1.82, 2.24) is 10.2 Å². The first-order valence-electron chi connectivity index (χ1n) is 7.68. The number of nitrogens with zero attached hydrogens (tertiary/aromatic N) is 1. The van der Waals surface area contributed by atoms with E-state index in [4.69, 9.17) is 23.2 Å². The molecule has 0 saturated carbocycles. The van der Waals surface area contributed by atoms with Crippen molar-refractivity contribution < 1.29 is 4.39 Å². The molecule has 1 aliphatic heterocycles. The van der Waals surface area contributed by atoms with Crippen molar-refractivity contribution in [2.75, 3.05) is 26.2 Å². The number of benzene rings is 1. The maximum atomic E-state index is 13.6. The van der Waals surface area contributed by atoms with E-state index >= 15 is 0 Å². The summed E-state index contributed by atoms with van der Waals surface area (Å²) in [5.74, 6) is -0.419. The predicted molar refractivity (Wildman–Crippen MR) is 87.7 cm³/mol. The zero-order valence-corrected chi connectivity index (χ0v) is 14.0. The Morgan fingerprint density at radius 3 is 2.52 bits per heavy atom. The van der Waals surface area contributed by atoms with Gasteiger partial charge >= 0.3 is 0 Å². The van der Waals surface area contributed by atoms with Crippen LogP contribution in [0.1, 0.15) is 44.2 Å². The van der Waals surface area contributed by atoms with Crippen molar-refractivity contribution in [3.05, 3.63) is 33.6 Å². The van der Waals surface area contributed by atoms with Crippen molar-refractivity contribution in [2.24, 2.45) is 0 Å². The highest BCUT2D eigenvalue weighted by Crippen LogP contribution is 2.32. The average molecular weight is 333 g/mol. The maximum absolute atomic E-state index is 13.6. The van der Waals surface area contributed by atoms with Crippen LogP contribution in [0.25, 0.3) is 0 Å². The summed E-state index contributed by atoms with van der Waals surface area (Å²) in [5, 5.41) is 4.03. The molecular weight excluding hydrogens is 310 g/mol. The molecular formula is C16H23Cl2FN2. The highest BCUT2D eigenvalue weighted by molar-refractivity contribution is 6.36. The summed E-state index contributed by atoms with van der Waals surface area (Å²) in [4.78, 5) is 2.49. The van der Waals surface area contributed by atoms with Gasteiger partial charge in [-0.05, 0) is 45.0 Å². The Bertz CT molecular complexity index is 460. The SMILES string of the molecule is CC(NCCN1CCCCCC1)c1c(Cl)ccc(F)c1Cl. The molecule has 2 nitrogen and oxygen atoms in total. The van der Waals surface area contributed by atoms with E-state index in [2.05, 4.69) is 10.2 Å². The molecule has 0 aromatic heterocycles. The topological polar surface area (TPSA) is 15.3 Å². The molecule has 1 fully saturated rings. The van der Waals surface area contributed by atoms with Gasteiger partial charge in [-0.1, -0.05) is 36.0 Å². The van der Waals surface area contributed by atoms with E-state index < -0.39 is 5.82 Å². The third-order valence-electron chi connectivity index (χ3n) is 4.09. The second kappa shape index (κ2) is 8.33. The molecule has 21 heavy (non-hydrogen) atoms. The summed E-state index contributed by atoms with van der Waals surface area (Å²) in [7, 11) is 0. The minimum absolute atomic E-state index is 0.0623. The fourth-order valence-electron chi connectivity index (χ4n) is 2.84. The number of halogens is 3. The zero-order chi connectivity index (χ0) is 15.2. The Balaban J connectivity index is 1.87. The van der Waals surface area contributed by atoms with Crippen LogP contribution in [0.4, 0.5) is 4.39 Å². The van der Waals surface area contributed by atoms with E-state index in [9.17, 15) is 4.39 Å². The molecule has 1 atom stereocenters. The first kappa shape index (κ1) is 17.0. The van der Waals surface area contributed by atoms with Crippen LogP contribution < -0.4 is 5.32 Å². The summed E-state index contributed by atoms with van der Waals surface area (Å²) in [5.41, 5.74) is 0.647. The van der Waals surface area contributed by atoms with E-state index in [-0.39, 0.29) is 11.1 Å². The molecule has 1 heterocycles. The molecule has 0 spiro atoms. The number of nitrogens with one attached hydrogen (secondary N) is 1. The Morgan fingerprint density at radius 1 is 1.19 bits per heavy atom. The molecule has 2 rings (SSSR count). The number of hydrogen-bond donors (Lipinski definition) is 1. The van der Waals surface area contributed by atoms with Gasteiger partial charge in [0, 0.05) is 29.7 Å². The largest absolute Gasteiger partial charge is 0.309 e. The second-order valence-corrected chi connectivity index (χ2v) is 6.47. The van der Waals surface area contributed by atoms with Crippen LogP contribution in [0.5, 0.6) is 0 Å². The maximum Gasteiger partial charge on any atom is 0.142 e. The predicted octanol–water partition coefficient (Wildman–Crippen LogP) is 4.66. The standard InChI is InChI=1S/C16H23Cl2FN2/c1-12(15-13(17)6-7-14(19)16(15)18)20-8-11-21-9-4-2-3-5-10-21/h6-7,12,20H,2-5,8-11H2,1H3. The van der Waals surface area contributed by atoms with Crippen LogP contribution in [0.15, 0.2) is 12.1 Å². The minimum atomic E-state index is -0.419. The van der Waals surface area contributed by atoms with Gasteiger partial charge in [-0.3, -0.25) is 0 Å². The first-order valence-corrected chi connectivity index (χ1v) is 8.44. The molecule has 0 bridgehead atoms. The van der Waals surface area contributed by atoms with E-state index in [1.165, 1.54) is 44.8 Å². The number of rotatable bonds is 5. The van der Waals surface area contributed by atoms with E-state index in [1.54, 1.807) is 6.07 Å². The van der Waals surface area contributed by atoms with Gasteiger partial charge in [0.05, 0.1) is 5.02 Å². The smallest absolute Gasteiger partial charge is 0.142 e. The lowest BCUT2D eigenvalue weighted by Crippen LogP contribution is -2.34. The molecule has 1 aromatic carbocycles. The minimum Gasteiger partial charge on any atom is -0.309 e. The van der Waals surface area contributed by atoms with Gasteiger partial charge in [-0.25, -0.2) is 4.39 Å². The molecule has 0 amide bonds. The summed E-state index contributed by atoms with van der Waals surface area (Å²) in [6, 6.07) is 2.80. The van der Waals surface area contributed by atoms with Gasteiger partial charge in [0.1, 0.15) is 5.82 Å². The quantitative estimate of drug-likeness (QED) is 0.789. The molecule has 118 valence electrons. The molecule has 1 aromatic rings. The van der Waals surface area contributed by atoms with Crippen LogP contribution in [-0.4, -0.2) is 31.1 Å². The van der Waals surface area contributed by atoms with E-state index in [0.29, 0.717) is 10.6 Å². The fourth-order valence-corrected chi connectivity index (χ4v) is 3.54. The summed E-state index contributed by atoms with van der Waals surface area (Å²) < 4.78 is 13.6. The van der Waals surface area contributed by atoms with Crippen LogP contribution >= 0.6 is 23.2 Å². The molecule has 0 aliphatic carbocycles. The lowest BCUT2D eigenvalue weighted by molar-refractivity contribution is 0.280. The van der Waals surface area contributed by atoms with Crippen molar-refractivity contribution in [3.63, 3.8) is 0 Å². The Hall–Kier alpha value is -0.350. The third-order valence-corrected chi connectivity index (χ3v) is 4.80. The molecule has 1 unspecified atom stereocenters. The Kier molecular flexibility index (Phi) is 6.74. The molecule has 0 radical (unpaired) electrons. The first-order chi connectivity index (χ1) is 10.1. The van der Waals surface area contributed by atoms with E-state index in [1.807, 2.05) is 6.92 Å². The highest BCUT2D eigenvalue weighted by Gasteiger charge is 2.17. The van der Waals surface area contributed by atoms with Crippen molar-refractivity contribution in [1.29, 1.82) is 0 Å². The third kappa shape index (κ3) is 4.82. The van der Waals surface area contributed by atoms with Crippen molar-refractivity contribution in [3.8, 4) is 0 Å². The highest BCUT2D eigenvalue weighted by atomic mass is 35.5. The van der Waals surface area contributed by atoms with Gasteiger partial charge in [0.15, 0.2) is 0 Å². The average Bonchev–Trinajstić information content (AvgIpc) is 2.72. The molecule has 5 heteroatoms. The van der Waals surface area contributed by atoms with Gasteiger partial charge in [-0.15, -0.1) is 0 Å². The van der Waals surface area contributed by atoms with Crippen LogP contribution in [-0.2, 0) is 0 Å². The van der Waals surface area contributed by atoms with Crippen LogP contribution in [0.2, 0.25) is 10.0 Å². The Morgan fingerprint density at radius 2 is 1.86 bits per heavy atom.